The predicted molar refractivity (Wildman–Crippen MR) is 77.9 cm³/mol. The maximum Gasteiger partial charge on any atom is 0.0345 e. The van der Waals surface area contributed by atoms with E-state index in [-0.39, 0.29) is 0 Å². The number of rotatable bonds is 3. The van der Waals surface area contributed by atoms with Crippen molar-refractivity contribution in [2.75, 3.05) is 40.3 Å². The van der Waals surface area contributed by atoms with Gasteiger partial charge in [-0.05, 0) is 45.2 Å². The van der Waals surface area contributed by atoms with Crippen LogP contribution in [0.4, 0.5) is 0 Å². The number of nitrogens with zero attached hydrogens (tertiary/aromatic N) is 2. The summed E-state index contributed by atoms with van der Waals surface area (Å²) in [6.45, 7) is 9.60. The molecule has 0 radical (unpaired) electrons. The van der Waals surface area contributed by atoms with Crippen molar-refractivity contribution in [3.63, 3.8) is 0 Å². The van der Waals surface area contributed by atoms with Crippen molar-refractivity contribution in [3.8, 4) is 0 Å². The summed E-state index contributed by atoms with van der Waals surface area (Å²) < 4.78 is 0. The van der Waals surface area contributed by atoms with Gasteiger partial charge < -0.3 is 10.2 Å². The standard InChI is InChI=1S/C15H31N3/c1-12-7-13(2)9-14(8-12)16-10-15-11-17(3)5-6-18(15)4/h12-16H,5-11H2,1-4H3. The minimum absolute atomic E-state index is 0.691. The summed E-state index contributed by atoms with van der Waals surface area (Å²) in [5, 5.41) is 3.83. The van der Waals surface area contributed by atoms with Crippen LogP contribution in [0.25, 0.3) is 0 Å². The van der Waals surface area contributed by atoms with Crippen LogP contribution in [0, 0.1) is 11.8 Å². The first-order valence-corrected chi connectivity index (χ1v) is 7.66. The molecule has 1 heterocycles. The Labute approximate surface area is 113 Å². The Morgan fingerprint density at radius 3 is 2.33 bits per heavy atom. The summed E-state index contributed by atoms with van der Waals surface area (Å²) in [5.74, 6) is 1.80. The zero-order chi connectivity index (χ0) is 13.1. The first kappa shape index (κ1) is 14.3. The maximum absolute atomic E-state index is 3.83. The Morgan fingerprint density at radius 1 is 1.00 bits per heavy atom. The molecule has 3 nitrogen and oxygen atoms in total. The molecule has 1 aliphatic carbocycles. The van der Waals surface area contributed by atoms with Crippen LogP contribution in [0.3, 0.4) is 0 Å². The van der Waals surface area contributed by atoms with Gasteiger partial charge in [0.15, 0.2) is 0 Å². The van der Waals surface area contributed by atoms with Gasteiger partial charge in [-0.15, -0.1) is 0 Å². The second kappa shape index (κ2) is 6.36. The highest BCUT2D eigenvalue weighted by molar-refractivity contribution is 4.84. The van der Waals surface area contributed by atoms with Crippen molar-refractivity contribution >= 4 is 0 Å². The van der Waals surface area contributed by atoms with Gasteiger partial charge in [0.1, 0.15) is 0 Å². The fourth-order valence-corrected chi connectivity index (χ4v) is 3.74. The van der Waals surface area contributed by atoms with Gasteiger partial charge in [-0.1, -0.05) is 13.8 Å². The molecule has 1 saturated heterocycles. The van der Waals surface area contributed by atoms with Gasteiger partial charge in [-0.3, -0.25) is 4.90 Å². The molecule has 18 heavy (non-hydrogen) atoms. The largest absolute Gasteiger partial charge is 0.312 e. The van der Waals surface area contributed by atoms with Gasteiger partial charge in [0.25, 0.3) is 0 Å². The third-order valence-electron chi connectivity index (χ3n) is 4.80. The van der Waals surface area contributed by atoms with E-state index in [0.29, 0.717) is 6.04 Å². The third-order valence-corrected chi connectivity index (χ3v) is 4.80. The molecule has 1 aliphatic heterocycles. The van der Waals surface area contributed by atoms with E-state index in [1.807, 2.05) is 0 Å². The zero-order valence-corrected chi connectivity index (χ0v) is 12.7. The lowest BCUT2D eigenvalue weighted by Crippen LogP contribution is -2.55. The van der Waals surface area contributed by atoms with Crippen molar-refractivity contribution < 1.29 is 0 Å². The van der Waals surface area contributed by atoms with Crippen LogP contribution in [0.15, 0.2) is 0 Å². The molecule has 1 N–H and O–H groups in total. The van der Waals surface area contributed by atoms with Gasteiger partial charge in [-0.2, -0.15) is 0 Å². The van der Waals surface area contributed by atoms with E-state index in [0.717, 1.165) is 24.4 Å². The van der Waals surface area contributed by atoms with E-state index in [9.17, 15) is 0 Å². The van der Waals surface area contributed by atoms with Crippen molar-refractivity contribution in [2.24, 2.45) is 11.8 Å². The lowest BCUT2D eigenvalue weighted by molar-refractivity contribution is 0.107. The normalized spacial score (nSPS) is 40.0. The molecule has 0 aromatic rings. The highest BCUT2D eigenvalue weighted by atomic mass is 15.3. The minimum atomic E-state index is 0.691. The van der Waals surface area contributed by atoms with E-state index in [1.165, 1.54) is 38.9 Å². The fraction of sp³-hybridized carbons (Fsp3) is 1.00. The van der Waals surface area contributed by atoms with E-state index in [4.69, 9.17) is 0 Å². The summed E-state index contributed by atoms with van der Waals surface area (Å²) in [6, 6.07) is 1.45. The van der Waals surface area contributed by atoms with Gasteiger partial charge in [-0.25, -0.2) is 0 Å². The number of nitrogens with one attached hydrogen (secondary N) is 1. The van der Waals surface area contributed by atoms with Crippen LogP contribution in [-0.4, -0.2) is 62.2 Å². The molecule has 0 aromatic heterocycles. The molecule has 2 rings (SSSR count). The SMILES string of the molecule is CC1CC(C)CC(NCC2CN(C)CCN2C)C1. The summed E-state index contributed by atoms with van der Waals surface area (Å²) >= 11 is 0. The van der Waals surface area contributed by atoms with Gasteiger partial charge in [0.2, 0.25) is 0 Å². The highest BCUT2D eigenvalue weighted by Crippen LogP contribution is 2.28. The fourth-order valence-electron chi connectivity index (χ4n) is 3.74. The Morgan fingerprint density at radius 2 is 1.67 bits per heavy atom. The minimum Gasteiger partial charge on any atom is -0.312 e. The van der Waals surface area contributed by atoms with E-state index < -0.39 is 0 Å². The quantitative estimate of drug-likeness (QED) is 0.825. The summed E-state index contributed by atoms with van der Waals surface area (Å²) in [5.41, 5.74) is 0. The first-order chi connectivity index (χ1) is 8.54. The van der Waals surface area contributed by atoms with Gasteiger partial charge in [0.05, 0.1) is 0 Å². The summed E-state index contributed by atoms with van der Waals surface area (Å²) in [7, 11) is 4.51. The molecular formula is C15H31N3. The average molecular weight is 253 g/mol. The van der Waals surface area contributed by atoms with Crippen molar-refractivity contribution in [1.82, 2.24) is 15.1 Å². The lowest BCUT2D eigenvalue weighted by Gasteiger charge is -2.39. The van der Waals surface area contributed by atoms with Gasteiger partial charge in [0, 0.05) is 38.3 Å². The molecule has 3 heteroatoms. The van der Waals surface area contributed by atoms with Crippen LogP contribution in [-0.2, 0) is 0 Å². The van der Waals surface area contributed by atoms with Crippen LogP contribution in [0.5, 0.6) is 0 Å². The van der Waals surface area contributed by atoms with Crippen molar-refractivity contribution in [2.45, 2.75) is 45.2 Å². The predicted octanol–water partition coefficient (Wildman–Crippen LogP) is 1.65. The highest BCUT2D eigenvalue weighted by Gasteiger charge is 2.26. The lowest BCUT2D eigenvalue weighted by atomic mass is 9.80. The molecule has 2 aliphatic rings. The van der Waals surface area contributed by atoms with Crippen LogP contribution in [0.2, 0.25) is 0 Å². The van der Waals surface area contributed by atoms with Crippen LogP contribution < -0.4 is 5.32 Å². The summed E-state index contributed by atoms with van der Waals surface area (Å²) in [4.78, 5) is 4.97. The second-order valence-electron chi connectivity index (χ2n) is 6.92. The molecule has 0 spiro atoms. The second-order valence-corrected chi connectivity index (χ2v) is 6.92. The van der Waals surface area contributed by atoms with Gasteiger partial charge >= 0.3 is 0 Å². The molecule has 2 fully saturated rings. The number of hydrogen-bond acceptors (Lipinski definition) is 3. The van der Waals surface area contributed by atoms with Crippen LogP contribution >= 0.6 is 0 Å². The zero-order valence-electron chi connectivity index (χ0n) is 12.7. The molecule has 0 bridgehead atoms. The van der Waals surface area contributed by atoms with E-state index in [2.05, 4.69) is 43.1 Å². The number of hydrogen-bond donors (Lipinski definition) is 1. The molecule has 3 atom stereocenters. The third kappa shape index (κ3) is 3.94. The topological polar surface area (TPSA) is 18.5 Å². The molecule has 0 aromatic carbocycles. The van der Waals surface area contributed by atoms with E-state index >= 15 is 0 Å². The smallest absolute Gasteiger partial charge is 0.0345 e. The Balaban J connectivity index is 1.76. The van der Waals surface area contributed by atoms with Crippen molar-refractivity contribution in [1.29, 1.82) is 0 Å². The monoisotopic (exact) mass is 253 g/mol. The van der Waals surface area contributed by atoms with Crippen LogP contribution in [0.1, 0.15) is 33.1 Å². The van der Waals surface area contributed by atoms with Crippen molar-refractivity contribution in [3.05, 3.63) is 0 Å². The Bertz CT molecular complexity index is 246. The number of piperazine rings is 1. The molecular weight excluding hydrogens is 222 g/mol. The molecule has 1 saturated carbocycles. The Kier molecular flexibility index (Phi) is 5.05. The molecule has 0 amide bonds. The van der Waals surface area contributed by atoms with E-state index in [1.54, 1.807) is 0 Å². The first-order valence-electron chi connectivity index (χ1n) is 7.66. The molecule has 3 unspecified atom stereocenters. The summed E-state index contributed by atoms with van der Waals surface area (Å²) in [6.07, 6.45) is 4.16. The average Bonchev–Trinajstić information content (AvgIpc) is 2.29. The number of likely N-dealkylation sites (N-methyl/N-ethyl adjacent to an activating group) is 2. The Hall–Kier alpha value is -0.120. The maximum atomic E-state index is 3.83. The molecule has 106 valence electrons.